The molecular formula is C36H46N2O3. The normalized spacial score (nSPS) is 11.9. The number of unbranched alkanes of at least 4 members (excludes halogenated alkanes) is 10. The number of carbonyl (C=O) groups is 1. The highest BCUT2D eigenvalue weighted by Crippen LogP contribution is 2.41. The van der Waals surface area contributed by atoms with Crippen LogP contribution >= 0.6 is 0 Å². The molecule has 218 valence electrons. The van der Waals surface area contributed by atoms with E-state index in [9.17, 15) is 9.90 Å². The molecule has 0 bridgehead atoms. The van der Waals surface area contributed by atoms with E-state index in [1.165, 1.54) is 64.2 Å². The van der Waals surface area contributed by atoms with E-state index in [4.69, 9.17) is 9.41 Å². The predicted octanol–water partition coefficient (Wildman–Crippen LogP) is 9.94. The second-order valence-corrected chi connectivity index (χ2v) is 11.1. The lowest BCUT2D eigenvalue weighted by Gasteiger charge is -2.17. The zero-order valence-corrected chi connectivity index (χ0v) is 24.9. The minimum absolute atomic E-state index is 0.281. The number of hydrogen-bond donors (Lipinski definition) is 2. The molecule has 2 aromatic carbocycles. The van der Waals surface area contributed by atoms with E-state index in [0.717, 1.165) is 59.1 Å². The molecule has 5 heteroatoms. The first kappa shape index (κ1) is 30.4. The minimum atomic E-state index is -0.939. The van der Waals surface area contributed by atoms with Gasteiger partial charge in [0.25, 0.3) is 0 Å². The third kappa shape index (κ3) is 8.45. The summed E-state index contributed by atoms with van der Waals surface area (Å²) in [6.45, 7) is 6.20. The van der Waals surface area contributed by atoms with Gasteiger partial charge >= 0.3 is 5.97 Å². The molecular weight excluding hydrogens is 508 g/mol. The van der Waals surface area contributed by atoms with Crippen molar-refractivity contribution in [1.82, 2.24) is 0 Å². The van der Waals surface area contributed by atoms with E-state index in [1.54, 1.807) is 12.1 Å². The van der Waals surface area contributed by atoms with Gasteiger partial charge in [0, 0.05) is 47.4 Å². The van der Waals surface area contributed by atoms with Gasteiger partial charge in [-0.05, 0) is 48.7 Å². The molecule has 0 amide bonds. The first-order chi connectivity index (χ1) is 20.1. The molecule has 4 rings (SSSR count). The molecule has 1 aliphatic carbocycles. The Morgan fingerprint density at radius 1 is 0.780 bits per heavy atom. The highest BCUT2D eigenvalue weighted by atomic mass is 16.4. The van der Waals surface area contributed by atoms with Gasteiger partial charge in [0.1, 0.15) is 11.3 Å². The quantitative estimate of drug-likeness (QED) is 0.101. The molecule has 0 spiro atoms. The Morgan fingerprint density at radius 2 is 1.49 bits per heavy atom. The molecule has 2 aliphatic rings. The van der Waals surface area contributed by atoms with Crippen LogP contribution in [0.25, 0.3) is 33.4 Å². The van der Waals surface area contributed by atoms with Crippen LogP contribution in [0.1, 0.15) is 101 Å². The maximum absolute atomic E-state index is 12.2. The first-order valence-corrected chi connectivity index (χ1v) is 15.7. The Balaban J connectivity index is 1.65. The predicted molar refractivity (Wildman–Crippen MR) is 171 cm³/mol. The summed E-state index contributed by atoms with van der Waals surface area (Å²) < 4.78 is 6.49. The van der Waals surface area contributed by atoms with Crippen LogP contribution in [-0.2, 0) is 0 Å². The number of hydrogen-bond acceptors (Lipinski definition) is 4. The van der Waals surface area contributed by atoms with Gasteiger partial charge in [0.2, 0.25) is 0 Å². The highest BCUT2D eigenvalue weighted by Gasteiger charge is 2.21. The molecule has 0 saturated heterocycles. The van der Waals surface area contributed by atoms with Crippen LogP contribution in [0.3, 0.4) is 0 Å². The summed E-state index contributed by atoms with van der Waals surface area (Å²) in [5.74, 6) is -0.226. The Hall–Kier alpha value is -3.60. The van der Waals surface area contributed by atoms with Gasteiger partial charge in [-0.25, -0.2) is 4.79 Å². The zero-order valence-electron chi connectivity index (χ0n) is 24.9. The molecule has 1 aliphatic heterocycles. The summed E-state index contributed by atoms with van der Waals surface area (Å²) in [5.41, 5.74) is 4.48. The monoisotopic (exact) mass is 554 g/mol. The van der Waals surface area contributed by atoms with E-state index >= 15 is 0 Å². The van der Waals surface area contributed by atoms with Crippen LogP contribution in [0.4, 0.5) is 5.69 Å². The number of benzene rings is 3. The van der Waals surface area contributed by atoms with Gasteiger partial charge in [-0.3, -0.25) is 4.99 Å². The number of nitrogens with one attached hydrogen (secondary N) is 1. The molecule has 0 atom stereocenters. The summed E-state index contributed by atoms with van der Waals surface area (Å²) in [4.78, 5) is 17.0. The molecule has 0 aromatic heterocycles. The van der Waals surface area contributed by atoms with E-state index in [0.29, 0.717) is 11.3 Å². The second-order valence-electron chi connectivity index (χ2n) is 11.1. The number of aromatic carboxylic acids is 1. The molecule has 0 saturated carbocycles. The fourth-order valence-corrected chi connectivity index (χ4v) is 5.50. The summed E-state index contributed by atoms with van der Waals surface area (Å²) >= 11 is 0. The van der Waals surface area contributed by atoms with E-state index in [-0.39, 0.29) is 5.56 Å². The Kier molecular flexibility index (Phi) is 11.8. The standard InChI is InChI=1S/C36H46N2O3/c1-3-5-7-9-11-15-23-37-27-19-21-31-33(25-27)41-34-26-28(38-24-16-12-10-8-6-4-2)20-22-32(34)35(31)29-17-13-14-18-30(29)36(39)40/h13-14,17-22,25-26,37H,3-12,15-16,23-24H2,1-2H3,(H,39,40). The lowest BCUT2D eigenvalue weighted by atomic mass is 9.90. The summed E-state index contributed by atoms with van der Waals surface area (Å²) in [6.07, 6.45) is 15.0. The summed E-state index contributed by atoms with van der Waals surface area (Å²) in [5, 5.41) is 15.3. The first-order valence-electron chi connectivity index (χ1n) is 15.7. The number of rotatable bonds is 17. The van der Waals surface area contributed by atoms with Crippen LogP contribution in [0.2, 0.25) is 0 Å². The van der Waals surface area contributed by atoms with Crippen molar-refractivity contribution in [3.8, 4) is 22.5 Å². The van der Waals surface area contributed by atoms with Crippen molar-refractivity contribution in [2.24, 2.45) is 4.99 Å². The van der Waals surface area contributed by atoms with Crippen LogP contribution in [0.5, 0.6) is 0 Å². The van der Waals surface area contributed by atoms with Crippen LogP contribution < -0.4 is 10.7 Å². The molecule has 41 heavy (non-hydrogen) atoms. The molecule has 0 fully saturated rings. The maximum Gasteiger partial charge on any atom is 0.336 e. The van der Waals surface area contributed by atoms with Gasteiger partial charge < -0.3 is 14.8 Å². The number of anilines is 1. The van der Waals surface area contributed by atoms with Crippen molar-refractivity contribution in [2.45, 2.75) is 90.9 Å². The van der Waals surface area contributed by atoms with Gasteiger partial charge in [0.05, 0.1) is 10.9 Å². The van der Waals surface area contributed by atoms with Crippen LogP contribution in [0.15, 0.2) is 70.1 Å². The number of fused-ring (bicyclic) bond motifs is 2. The van der Waals surface area contributed by atoms with Crippen molar-refractivity contribution in [2.75, 3.05) is 18.4 Å². The largest absolute Gasteiger partial charge is 0.478 e. The number of carboxylic acid groups (broad SMARTS) is 1. The fourth-order valence-electron chi connectivity index (χ4n) is 5.50. The molecule has 5 nitrogen and oxygen atoms in total. The topological polar surface area (TPSA) is 74.8 Å². The van der Waals surface area contributed by atoms with Crippen LogP contribution in [-0.4, -0.2) is 24.2 Å². The number of carboxylic acids is 1. The summed E-state index contributed by atoms with van der Waals surface area (Å²) in [7, 11) is 0. The lowest BCUT2D eigenvalue weighted by molar-refractivity contribution is 0.0697. The van der Waals surface area contributed by atoms with Gasteiger partial charge in [0.15, 0.2) is 0 Å². The van der Waals surface area contributed by atoms with Crippen molar-refractivity contribution < 1.29 is 14.3 Å². The molecule has 2 aromatic rings. The van der Waals surface area contributed by atoms with Crippen molar-refractivity contribution in [3.05, 3.63) is 71.6 Å². The van der Waals surface area contributed by atoms with E-state index in [2.05, 4.69) is 25.2 Å². The number of nitrogens with zero attached hydrogens (tertiary/aromatic N) is 1. The fraction of sp³-hybridized carbons (Fsp3) is 0.444. The van der Waals surface area contributed by atoms with Gasteiger partial charge in [-0.1, -0.05) is 96.3 Å². The minimum Gasteiger partial charge on any atom is -0.478 e. The lowest BCUT2D eigenvalue weighted by Crippen LogP contribution is -2.06. The van der Waals surface area contributed by atoms with E-state index in [1.807, 2.05) is 42.5 Å². The maximum atomic E-state index is 12.2. The van der Waals surface area contributed by atoms with Crippen molar-refractivity contribution in [1.29, 1.82) is 0 Å². The SMILES string of the molecule is CCCCCCCCN=c1ccc2c(-c3ccccc3C(=O)O)c3ccc(NCCCCCCCC)cc3oc-2c1. The van der Waals surface area contributed by atoms with E-state index < -0.39 is 5.97 Å². The molecule has 2 N–H and O–H groups in total. The third-order valence-corrected chi connectivity index (χ3v) is 7.80. The second kappa shape index (κ2) is 16.0. The smallest absolute Gasteiger partial charge is 0.336 e. The summed E-state index contributed by atoms with van der Waals surface area (Å²) in [6, 6.07) is 19.4. The Bertz CT molecular complexity index is 1440. The zero-order chi connectivity index (χ0) is 28.9. The average Bonchev–Trinajstić information content (AvgIpc) is 2.98. The Labute approximate surface area is 245 Å². The van der Waals surface area contributed by atoms with Gasteiger partial charge in [-0.2, -0.15) is 0 Å². The van der Waals surface area contributed by atoms with Gasteiger partial charge in [-0.15, -0.1) is 0 Å². The van der Waals surface area contributed by atoms with Crippen LogP contribution in [0, 0.1) is 0 Å². The Morgan fingerprint density at radius 3 is 2.24 bits per heavy atom. The average molecular weight is 555 g/mol. The molecule has 1 heterocycles. The van der Waals surface area contributed by atoms with Crippen molar-refractivity contribution >= 4 is 22.6 Å². The molecule has 0 radical (unpaired) electrons. The molecule has 0 unspecified atom stereocenters. The van der Waals surface area contributed by atoms with Crippen molar-refractivity contribution in [3.63, 3.8) is 0 Å². The highest BCUT2D eigenvalue weighted by molar-refractivity contribution is 6.07. The third-order valence-electron chi connectivity index (χ3n) is 7.80.